The second kappa shape index (κ2) is 7.31. The molecule has 0 bridgehead atoms. The third-order valence-corrected chi connectivity index (χ3v) is 4.24. The van der Waals surface area contributed by atoms with E-state index in [-0.39, 0.29) is 17.0 Å². The molecule has 1 N–H and O–H groups in total. The smallest absolute Gasteiger partial charge is 0.280 e. The first-order chi connectivity index (χ1) is 11.3. The predicted molar refractivity (Wildman–Crippen MR) is 96.9 cm³/mol. The number of hydrogen-bond donors (Lipinski definition) is 1. The summed E-state index contributed by atoms with van der Waals surface area (Å²) in [5, 5.41) is 3.94. The third-order valence-electron chi connectivity index (χ3n) is 3.57. The van der Waals surface area contributed by atoms with Gasteiger partial charge in [0.1, 0.15) is 11.6 Å². The summed E-state index contributed by atoms with van der Waals surface area (Å²) in [6, 6.07) is 6.16. The van der Waals surface area contributed by atoms with Gasteiger partial charge in [-0.2, -0.15) is 0 Å². The number of rotatable bonds is 5. The molecule has 0 aliphatic heterocycles. The molecule has 0 saturated carbocycles. The minimum Gasteiger partial charge on any atom is -0.339 e. The molecule has 0 aliphatic rings. The predicted octanol–water partition coefficient (Wildman–Crippen LogP) is 3.35. The number of Topliss-reactive ketones (excluding diaryl/α,β-unsaturated/α-hetero) is 1. The number of aromatic nitrogens is 1. The lowest BCUT2D eigenvalue weighted by molar-refractivity contribution is -0.0756. The highest BCUT2D eigenvalue weighted by molar-refractivity contribution is 14.1. The number of carbonyl (C=O) groups excluding carboxylic acids is 2. The van der Waals surface area contributed by atoms with Crippen molar-refractivity contribution in [3.8, 4) is 0 Å². The third kappa shape index (κ3) is 3.59. The normalized spacial score (nSPS) is 10.6. The fourth-order valence-electron chi connectivity index (χ4n) is 2.23. The molecule has 128 valence electrons. The van der Waals surface area contributed by atoms with E-state index in [4.69, 9.17) is 4.84 Å². The number of nitrogens with zero attached hydrogens (tertiary/aromatic N) is 2. The molecule has 0 radical (unpaired) electrons. The number of anilines is 2. The molecule has 0 saturated heterocycles. The fraction of sp³-hybridized carbons (Fsp3) is 0.250. The molecule has 0 aliphatic carbocycles. The number of amides is 1. The number of carbonyl (C=O) groups is 2. The van der Waals surface area contributed by atoms with Crippen LogP contribution in [-0.2, 0) is 11.9 Å². The van der Waals surface area contributed by atoms with Crippen molar-refractivity contribution in [2.24, 2.45) is 7.05 Å². The van der Waals surface area contributed by atoms with E-state index in [9.17, 15) is 14.0 Å². The van der Waals surface area contributed by atoms with Crippen LogP contribution in [0, 0.1) is 9.39 Å². The van der Waals surface area contributed by atoms with Gasteiger partial charge in [-0.05, 0) is 46.9 Å². The molecule has 0 fully saturated rings. The molecule has 1 aromatic heterocycles. The summed E-state index contributed by atoms with van der Waals surface area (Å²) in [6.45, 7) is 1.40. The topological polar surface area (TPSA) is 63.6 Å². The highest BCUT2D eigenvalue weighted by Crippen LogP contribution is 2.28. The molecule has 8 heteroatoms. The van der Waals surface area contributed by atoms with Crippen molar-refractivity contribution in [2.75, 3.05) is 19.5 Å². The molecule has 1 aromatic carbocycles. The first-order valence-corrected chi connectivity index (χ1v) is 8.09. The molecule has 1 heterocycles. The van der Waals surface area contributed by atoms with E-state index < -0.39 is 11.7 Å². The van der Waals surface area contributed by atoms with Gasteiger partial charge in [0.15, 0.2) is 5.78 Å². The van der Waals surface area contributed by atoms with Crippen molar-refractivity contribution in [1.82, 2.24) is 9.63 Å². The number of ketones is 1. The van der Waals surface area contributed by atoms with Gasteiger partial charge in [0.05, 0.1) is 24.1 Å². The number of hydroxylamine groups is 2. The van der Waals surface area contributed by atoms with E-state index in [1.165, 1.54) is 37.8 Å². The van der Waals surface area contributed by atoms with E-state index in [1.807, 2.05) is 22.6 Å². The SMILES string of the molecule is CON(C)C(=O)c1cc(C(C)=O)n(C)c1Nc1ccc(I)cc1F. The maximum atomic E-state index is 14.1. The van der Waals surface area contributed by atoms with Crippen molar-refractivity contribution in [2.45, 2.75) is 6.92 Å². The van der Waals surface area contributed by atoms with Gasteiger partial charge >= 0.3 is 0 Å². The van der Waals surface area contributed by atoms with E-state index >= 15 is 0 Å². The monoisotopic (exact) mass is 445 g/mol. The molecule has 2 rings (SSSR count). The molecule has 2 aromatic rings. The molecule has 0 spiro atoms. The molecule has 24 heavy (non-hydrogen) atoms. The summed E-state index contributed by atoms with van der Waals surface area (Å²) in [4.78, 5) is 29.1. The van der Waals surface area contributed by atoms with E-state index in [0.29, 0.717) is 11.5 Å². The maximum Gasteiger partial charge on any atom is 0.280 e. The van der Waals surface area contributed by atoms with Crippen LogP contribution in [0.25, 0.3) is 0 Å². The molecule has 1 amide bonds. The number of benzene rings is 1. The number of halogens is 2. The van der Waals surface area contributed by atoms with Crippen LogP contribution >= 0.6 is 22.6 Å². The van der Waals surface area contributed by atoms with Crippen LogP contribution in [0.15, 0.2) is 24.3 Å². The quantitative estimate of drug-likeness (QED) is 0.436. The minimum absolute atomic E-state index is 0.206. The van der Waals surface area contributed by atoms with Gasteiger partial charge in [-0.1, -0.05) is 0 Å². The van der Waals surface area contributed by atoms with Gasteiger partial charge < -0.3 is 9.88 Å². The van der Waals surface area contributed by atoms with Crippen LogP contribution in [0.4, 0.5) is 15.9 Å². The summed E-state index contributed by atoms with van der Waals surface area (Å²) >= 11 is 2.01. The van der Waals surface area contributed by atoms with Gasteiger partial charge in [-0.3, -0.25) is 14.4 Å². The van der Waals surface area contributed by atoms with Crippen molar-refractivity contribution in [3.63, 3.8) is 0 Å². The summed E-state index contributed by atoms with van der Waals surface area (Å²) < 4.78 is 16.4. The van der Waals surface area contributed by atoms with Crippen molar-refractivity contribution < 1.29 is 18.8 Å². The molecular formula is C16H17FIN3O3. The number of nitrogens with one attached hydrogen (secondary N) is 1. The maximum absolute atomic E-state index is 14.1. The Labute approximate surface area is 152 Å². The van der Waals surface area contributed by atoms with Crippen LogP contribution in [0.5, 0.6) is 0 Å². The Bertz CT molecular complexity index is 804. The van der Waals surface area contributed by atoms with Crippen molar-refractivity contribution >= 4 is 45.8 Å². The van der Waals surface area contributed by atoms with Gasteiger partial charge in [0.25, 0.3) is 5.91 Å². The minimum atomic E-state index is -0.453. The number of hydrogen-bond acceptors (Lipinski definition) is 4. The Morgan fingerprint density at radius 1 is 1.33 bits per heavy atom. The Balaban J connectivity index is 2.54. The summed E-state index contributed by atoms with van der Waals surface area (Å²) in [5.74, 6) is -0.794. The Morgan fingerprint density at radius 3 is 2.54 bits per heavy atom. The Morgan fingerprint density at radius 2 is 2.00 bits per heavy atom. The van der Waals surface area contributed by atoms with Crippen LogP contribution in [-0.4, -0.2) is 35.5 Å². The van der Waals surface area contributed by atoms with Crippen LogP contribution < -0.4 is 5.32 Å². The van der Waals surface area contributed by atoms with Crippen molar-refractivity contribution in [3.05, 3.63) is 44.9 Å². The van der Waals surface area contributed by atoms with Crippen LogP contribution in [0.3, 0.4) is 0 Å². The van der Waals surface area contributed by atoms with Gasteiger partial charge in [0.2, 0.25) is 0 Å². The molecule has 0 atom stereocenters. The molecule has 0 unspecified atom stereocenters. The Kier molecular flexibility index (Phi) is 5.60. The first kappa shape index (κ1) is 18.4. The zero-order valence-corrected chi connectivity index (χ0v) is 15.8. The van der Waals surface area contributed by atoms with Crippen LogP contribution in [0.1, 0.15) is 27.8 Å². The largest absolute Gasteiger partial charge is 0.339 e. The Hall–Kier alpha value is -1.94. The average molecular weight is 445 g/mol. The summed E-state index contributed by atoms with van der Waals surface area (Å²) in [7, 11) is 4.45. The van der Waals surface area contributed by atoms with E-state index in [0.717, 1.165) is 8.63 Å². The summed E-state index contributed by atoms with van der Waals surface area (Å²) in [6.07, 6.45) is 0. The fourth-order valence-corrected chi connectivity index (χ4v) is 2.68. The second-order valence-electron chi connectivity index (χ2n) is 5.14. The lowest BCUT2D eigenvalue weighted by Gasteiger charge is -2.16. The van der Waals surface area contributed by atoms with Gasteiger partial charge in [-0.15, -0.1) is 0 Å². The zero-order valence-electron chi connectivity index (χ0n) is 13.7. The molecular weight excluding hydrogens is 428 g/mol. The highest BCUT2D eigenvalue weighted by Gasteiger charge is 2.24. The lowest BCUT2D eigenvalue weighted by atomic mass is 10.2. The lowest BCUT2D eigenvalue weighted by Crippen LogP contribution is -2.25. The summed E-state index contributed by atoms with van der Waals surface area (Å²) in [5.41, 5.74) is 0.752. The zero-order chi connectivity index (χ0) is 18.0. The van der Waals surface area contributed by atoms with E-state index in [1.54, 1.807) is 19.2 Å². The average Bonchev–Trinajstić information content (AvgIpc) is 2.85. The van der Waals surface area contributed by atoms with Gasteiger partial charge in [0, 0.05) is 24.6 Å². The standard InChI is InChI=1S/C16H17FIN3O3/c1-9(22)14-8-11(16(23)21(3)24-4)15(20(14)2)19-13-6-5-10(18)7-12(13)17/h5-8,19H,1-4H3. The van der Waals surface area contributed by atoms with Crippen molar-refractivity contribution in [1.29, 1.82) is 0 Å². The second-order valence-corrected chi connectivity index (χ2v) is 6.39. The first-order valence-electron chi connectivity index (χ1n) is 7.01. The molecule has 6 nitrogen and oxygen atoms in total. The highest BCUT2D eigenvalue weighted by atomic mass is 127. The van der Waals surface area contributed by atoms with E-state index in [2.05, 4.69) is 5.32 Å². The van der Waals surface area contributed by atoms with Crippen LogP contribution in [0.2, 0.25) is 0 Å². The van der Waals surface area contributed by atoms with Gasteiger partial charge in [-0.25, -0.2) is 9.45 Å².